The maximum atomic E-state index is 6.45. The van der Waals surface area contributed by atoms with Gasteiger partial charge in [-0.05, 0) is 30.3 Å². The zero-order valence-electron chi connectivity index (χ0n) is 17.1. The lowest BCUT2D eigenvalue weighted by molar-refractivity contribution is 0.567. The Kier molecular flexibility index (Phi) is 3.40. The summed E-state index contributed by atoms with van der Waals surface area (Å²) >= 11 is 0. The van der Waals surface area contributed by atoms with E-state index in [1.54, 1.807) is 6.33 Å². The topological polar surface area (TPSA) is 52.1 Å². The van der Waals surface area contributed by atoms with E-state index in [-0.39, 0.29) is 5.41 Å². The van der Waals surface area contributed by atoms with Gasteiger partial charge < -0.3 is 8.83 Å². The lowest BCUT2D eigenvalue weighted by atomic mass is 9.91. The zero-order valence-corrected chi connectivity index (χ0v) is 17.1. The van der Waals surface area contributed by atoms with Gasteiger partial charge in [0.25, 0.3) is 0 Å². The summed E-state index contributed by atoms with van der Waals surface area (Å²) < 4.78 is 12.6. The third kappa shape index (κ3) is 2.40. The van der Waals surface area contributed by atoms with E-state index in [4.69, 9.17) is 8.83 Å². The van der Waals surface area contributed by atoms with E-state index in [0.717, 1.165) is 60.8 Å². The van der Waals surface area contributed by atoms with Crippen LogP contribution in [0.2, 0.25) is 0 Å². The van der Waals surface area contributed by atoms with Crippen molar-refractivity contribution in [2.75, 3.05) is 0 Å². The second kappa shape index (κ2) is 5.92. The lowest BCUT2D eigenvalue weighted by Crippen LogP contribution is -2.13. The predicted molar refractivity (Wildman–Crippen MR) is 121 cm³/mol. The molecule has 0 bridgehead atoms. The molecule has 0 N–H and O–H groups in total. The van der Waals surface area contributed by atoms with Crippen molar-refractivity contribution in [1.82, 2.24) is 9.97 Å². The van der Waals surface area contributed by atoms with Gasteiger partial charge >= 0.3 is 0 Å². The molecular formula is C26H20N2O2. The molecule has 0 unspecified atom stereocenters. The van der Waals surface area contributed by atoms with Crippen LogP contribution in [0.3, 0.4) is 0 Å². The van der Waals surface area contributed by atoms with Crippen LogP contribution in [0, 0.1) is 0 Å². The van der Waals surface area contributed by atoms with Gasteiger partial charge in [0.1, 0.15) is 17.5 Å². The first-order valence-electron chi connectivity index (χ1n) is 10.1. The van der Waals surface area contributed by atoms with Crippen molar-refractivity contribution in [1.29, 1.82) is 0 Å². The Balaban J connectivity index is 1.67. The monoisotopic (exact) mass is 392 g/mol. The van der Waals surface area contributed by atoms with Crippen molar-refractivity contribution in [3.05, 3.63) is 72.7 Å². The fraction of sp³-hybridized carbons (Fsp3) is 0.154. The number of benzene rings is 3. The number of nitrogens with zero attached hydrogens (tertiary/aromatic N) is 2. The number of aromatic nitrogens is 2. The quantitative estimate of drug-likeness (QED) is 0.296. The number of fused-ring (bicyclic) bond motifs is 7. The molecule has 0 amide bonds. The largest absolute Gasteiger partial charge is 0.452 e. The summed E-state index contributed by atoms with van der Waals surface area (Å²) in [6, 6.07) is 20.6. The molecule has 0 aliphatic carbocycles. The molecule has 3 aromatic heterocycles. The molecule has 0 fully saturated rings. The van der Waals surface area contributed by atoms with Gasteiger partial charge in [-0.3, -0.25) is 0 Å². The average Bonchev–Trinajstić information content (AvgIpc) is 3.31. The highest BCUT2D eigenvalue weighted by molar-refractivity contribution is 6.20. The number of hydrogen-bond acceptors (Lipinski definition) is 4. The Labute approximate surface area is 173 Å². The van der Waals surface area contributed by atoms with Gasteiger partial charge in [-0.1, -0.05) is 51.1 Å². The van der Waals surface area contributed by atoms with Crippen molar-refractivity contribution in [2.24, 2.45) is 0 Å². The van der Waals surface area contributed by atoms with Crippen LogP contribution in [-0.2, 0) is 5.41 Å². The minimum atomic E-state index is -0.0557. The van der Waals surface area contributed by atoms with E-state index < -0.39 is 0 Å². The molecule has 0 atom stereocenters. The first-order chi connectivity index (χ1) is 14.5. The molecule has 0 saturated carbocycles. The third-order valence-electron chi connectivity index (χ3n) is 5.72. The van der Waals surface area contributed by atoms with Crippen LogP contribution < -0.4 is 0 Å². The Morgan fingerprint density at radius 3 is 2.20 bits per heavy atom. The molecule has 146 valence electrons. The summed E-state index contributed by atoms with van der Waals surface area (Å²) in [5.74, 6) is 0. The minimum Gasteiger partial charge on any atom is -0.452 e. The molecule has 30 heavy (non-hydrogen) atoms. The Morgan fingerprint density at radius 2 is 1.37 bits per heavy atom. The second-order valence-electron chi connectivity index (χ2n) is 8.74. The van der Waals surface area contributed by atoms with Crippen molar-refractivity contribution >= 4 is 43.9 Å². The van der Waals surface area contributed by atoms with Crippen LogP contribution in [-0.4, -0.2) is 9.97 Å². The number of para-hydroxylation sites is 2. The number of rotatable bonds is 1. The van der Waals surface area contributed by atoms with Gasteiger partial charge in [0.15, 0.2) is 11.2 Å². The second-order valence-corrected chi connectivity index (χ2v) is 8.74. The summed E-state index contributed by atoms with van der Waals surface area (Å²) in [7, 11) is 0. The fourth-order valence-corrected chi connectivity index (χ4v) is 4.16. The zero-order chi connectivity index (χ0) is 20.5. The fourth-order valence-electron chi connectivity index (χ4n) is 4.16. The van der Waals surface area contributed by atoms with Gasteiger partial charge in [0.2, 0.25) is 0 Å². The number of hydrogen-bond donors (Lipinski definition) is 0. The van der Waals surface area contributed by atoms with Gasteiger partial charge in [-0.25, -0.2) is 9.97 Å². The summed E-state index contributed by atoms with van der Waals surface area (Å²) in [5, 5.41) is 4.26. The molecule has 6 aromatic rings. The molecule has 4 heteroatoms. The molecule has 4 nitrogen and oxygen atoms in total. The normalized spacial score (nSPS) is 12.5. The SMILES string of the molecule is CC(C)(C)c1cc(-c2cccc3c2oc2c3ccc3c4ccccc4oc32)ncn1. The van der Waals surface area contributed by atoms with E-state index >= 15 is 0 Å². The third-order valence-corrected chi connectivity index (χ3v) is 5.72. The number of furan rings is 2. The molecular weight excluding hydrogens is 372 g/mol. The Bertz CT molecular complexity index is 1580. The van der Waals surface area contributed by atoms with Crippen molar-refractivity contribution in [3.63, 3.8) is 0 Å². The standard InChI is InChI=1S/C26H20N2O2/c1-26(2,3)22-13-20(27-14-28-22)19-9-6-8-16-18-12-11-17-15-7-4-5-10-21(15)29-24(17)25(18)30-23(16)19/h4-14H,1-3H3. The Hall–Kier alpha value is -3.66. The summed E-state index contributed by atoms with van der Waals surface area (Å²) in [6.07, 6.45) is 1.63. The van der Waals surface area contributed by atoms with E-state index in [1.165, 1.54) is 0 Å². The average molecular weight is 392 g/mol. The first-order valence-corrected chi connectivity index (χ1v) is 10.1. The smallest absolute Gasteiger partial charge is 0.178 e. The van der Waals surface area contributed by atoms with E-state index in [1.807, 2.05) is 24.3 Å². The highest BCUT2D eigenvalue weighted by Gasteiger charge is 2.20. The van der Waals surface area contributed by atoms with Gasteiger partial charge in [0, 0.05) is 38.2 Å². The molecule has 6 rings (SSSR count). The Morgan fingerprint density at radius 1 is 0.667 bits per heavy atom. The van der Waals surface area contributed by atoms with Gasteiger partial charge in [-0.15, -0.1) is 0 Å². The molecule has 0 spiro atoms. The van der Waals surface area contributed by atoms with E-state index in [2.05, 4.69) is 67.1 Å². The van der Waals surface area contributed by atoms with Crippen molar-refractivity contribution < 1.29 is 8.83 Å². The molecule has 0 saturated heterocycles. The predicted octanol–water partition coefficient (Wildman–Crippen LogP) is 7.24. The highest BCUT2D eigenvalue weighted by atomic mass is 16.4. The molecule has 3 aromatic carbocycles. The van der Waals surface area contributed by atoms with E-state index in [0.29, 0.717) is 0 Å². The van der Waals surface area contributed by atoms with Gasteiger partial charge in [0.05, 0.1) is 5.69 Å². The minimum absolute atomic E-state index is 0.0557. The summed E-state index contributed by atoms with van der Waals surface area (Å²) in [6.45, 7) is 6.46. The van der Waals surface area contributed by atoms with Gasteiger partial charge in [-0.2, -0.15) is 0 Å². The maximum absolute atomic E-state index is 6.45. The van der Waals surface area contributed by atoms with Crippen LogP contribution >= 0.6 is 0 Å². The van der Waals surface area contributed by atoms with Crippen LogP contribution in [0.5, 0.6) is 0 Å². The van der Waals surface area contributed by atoms with Crippen molar-refractivity contribution in [2.45, 2.75) is 26.2 Å². The maximum Gasteiger partial charge on any atom is 0.178 e. The first kappa shape index (κ1) is 17.2. The molecule has 0 aliphatic heterocycles. The summed E-state index contributed by atoms with van der Waals surface area (Å²) in [4.78, 5) is 9.01. The molecule has 0 aliphatic rings. The van der Waals surface area contributed by atoms with Crippen LogP contribution in [0.25, 0.3) is 55.1 Å². The molecule has 0 radical (unpaired) electrons. The highest BCUT2D eigenvalue weighted by Crippen LogP contribution is 2.41. The van der Waals surface area contributed by atoms with Crippen molar-refractivity contribution in [3.8, 4) is 11.3 Å². The lowest BCUT2D eigenvalue weighted by Gasteiger charge is -2.17. The van der Waals surface area contributed by atoms with Crippen LogP contribution in [0.4, 0.5) is 0 Å². The van der Waals surface area contributed by atoms with E-state index in [9.17, 15) is 0 Å². The molecule has 3 heterocycles. The van der Waals surface area contributed by atoms with Crippen LogP contribution in [0.15, 0.2) is 75.8 Å². The van der Waals surface area contributed by atoms with Crippen LogP contribution in [0.1, 0.15) is 26.5 Å². The summed E-state index contributed by atoms with van der Waals surface area (Å²) in [5.41, 5.74) is 6.01.